The van der Waals surface area contributed by atoms with Gasteiger partial charge in [-0.1, -0.05) is 6.07 Å². The highest BCUT2D eigenvalue weighted by Gasteiger charge is 2.20. The van der Waals surface area contributed by atoms with E-state index in [1.165, 1.54) is 6.07 Å². The van der Waals surface area contributed by atoms with Gasteiger partial charge in [0.1, 0.15) is 5.82 Å². The molecule has 18 heavy (non-hydrogen) atoms. The molecule has 0 radical (unpaired) electrons. The van der Waals surface area contributed by atoms with E-state index in [2.05, 4.69) is 0 Å². The standard InChI is InChI=1S/C14H22FNO2/c1-5-16(10(2)9-18-4)13-8-6-7-12(15)14(13)11(3)17/h6-8,10-11,17H,5,9H2,1-4H3. The first kappa shape index (κ1) is 14.9. The Bertz CT molecular complexity index is 382. The number of methoxy groups -OCH3 is 1. The fourth-order valence-electron chi connectivity index (χ4n) is 2.24. The molecule has 0 fully saturated rings. The second-order valence-electron chi connectivity index (χ2n) is 4.44. The molecule has 0 aliphatic carbocycles. The average molecular weight is 255 g/mol. The molecule has 0 heterocycles. The SMILES string of the molecule is CCN(c1cccc(F)c1C(C)O)C(C)COC. The van der Waals surface area contributed by atoms with Crippen LogP contribution in [0.15, 0.2) is 18.2 Å². The number of hydrogen-bond acceptors (Lipinski definition) is 3. The summed E-state index contributed by atoms with van der Waals surface area (Å²) in [6, 6.07) is 5.00. The molecule has 4 heteroatoms. The van der Waals surface area contributed by atoms with Crippen LogP contribution in [0.3, 0.4) is 0 Å². The van der Waals surface area contributed by atoms with Gasteiger partial charge in [-0.05, 0) is 32.9 Å². The third-order valence-corrected chi connectivity index (χ3v) is 3.04. The molecular weight excluding hydrogens is 233 g/mol. The number of halogens is 1. The third kappa shape index (κ3) is 3.21. The molecule has 1 aromatic rings. The van der Waals surface area contributed by atoms with Crippen molar-refractivity contribution in [2.45, 2.75) is 32.9 Å². The normalized spacial score (nSPS) is 14.3. The van der Waals surface area contributed by atoms with Crippen LogP contribution in [0, 0.1) is 5.82 Å². The molecule has 2 unspecified atom stereocenters. The molecule has 1 aromatic carbocycles. The van der Waals surface area contributed by atoms with Crippen LogP contribution in [0.4, 0.5) is 10.1 Å². The summed E-state index contributed by atoms with van der Waals surface area (Å²) in [6.45, 7) is 6.89. The van der Waals surface area contributed by atoms with Crippen molar-refractivity contribution in [3.63, 3.8) is 0 Å². The van der Waals surface area contributed by atoms with Crippen LogP contribution in [0.5, 0.6) is 0 Å². The zero-order valence-corrected chi connectivity index (χ0v) is 11.5. The Morgan fingerprint density at radius 1 is 1.39 bits per heavy atom. The Labute approximate surface area is 108 Å². The van der Waals surface area contributed by atoms with Gasteiger partial charge in [-0.3, -0.25) is 0 Å². The van der Waals surface area contributed by atoms with Gasteiger partial charge in [-0.25, -0.2) is 4.39 Å². The van der Waals surface area contributed by atoms with Crippen LogP contribution < -0.4 is 4.90 Å². The second kappa shape index (κ2) is 6.71. The van der Waals surface area contributed by atoms with E-state index >= 15 is 0 Å². The Hall–Kier alpha value is -1.13. The first-order valence-electron chi connectivity index (χ1n) is 6.24. The Kier molecular flexibility index (Phi) is 5.56. The third-order valence-electron chi connectivity index (χ3n) is 3.04. The monoisotopic (exact) mass is 255 g/mol. The van der Waals surface area contributed by atoms with Gasteiger partial charge in [0, 0.05) is 30.9 Å². The second-order valence-corrected chi connectivity index (χ2v) is 4.44. The highest BCUT2D eigenvalue weighted by molar-refractivity contribution is 5.55. The van der Waals surface area contributed by atoms with Crippen molar-refractivity contribution in [2.24, 2.45) is 0 Å². The first-order chi connectivity index (χ1) is 8.52. The Morgan fingerprint density at radius 2 is 2.06 bits per heavy atom. The number of nitrogens with zero attached hydrogens (tertiary/aromatic N) is 1. The minimum Gasteiger partial charge on any atom is -0.389 e. The lowest BCUT2D eigenvalue weighted by atomic mass is 10.1. The number of benzene rings is 1. The van der Waals surface area contributed by atoms with E-state index in [0.717, 1.165) is 12.2 Å². The maximum atomic E-state index is 13.8. The zero-order chi connectivity index (χ0) is 13.7. The highest BCUT2D eigenvalue weighted by atomic mass is 19.1. The summed E-state index contributed by atoms with van der Waals surface area (Å²) in [5.41, 5.74) is 1.08. The topological polar surface area (TPSA) is 32.7 Å². The molecule has 1 rings (SSSR count). The van der Waals surface area contributed by atoms with Crippen LogP contribution in [-0.4, -0.2) is 31.4 Å². The highest BCUT2D eigenvalue weighted by Crippen LogP contribution is 2.30. The molecule has 0 saturated carbocycles. The maximum Gasteiger partial charge on any atom is 0.131 e. The summed E-state index contributed by atoms with van der Waals surface area (Å²) in [5.74, 6) is -0.370. The van der Waals surface area contributed by atoms with Crippen molar-refractivity contribution in [2.75, 3.05) is 25.2 Å². The predicted octanol–water partition coefficient (Wildman–Crippen LogP) is 2.74. The van der Waals surface area contributed by atoms with Crippen LogP contribution in [0.1, 0.15) is 32.4 Å². The molecule has 0 bridgehead atoms. The lowest BCUT2D eigenvalue weighted by Crippen LogP contribution is -2.37. The van der Waals surface area contributed by atoms with Gasteiger partial charge >= 0.3 is 0 Å². The van der Waals surface area contributed by atoms with Crippen LogP contribution in [0.25, 0.3) is 0 Å². The van der Waals surface area contributed by atoms with Crippen LogP contribution in [-0.2, 0) is 4.74 Å². The predicted molar refractivity (Wildman–Crippen MR) is 71.4 cm³/mol. The summed E-state index contributed by atoms with van der Waals surface area (Å²) in [5, 5.41) is 9.74. The molecule has 0 aliphatic heterocycles. The molecule has 1 N–H and O–H groups in total. The van der Waals surface area contributed by atoms with E-state index in [1.807, 2.05) is 24.8 Å². The molecule has 3 nitrogen and oxygen atoms in total. The summed E-state index contributed by atoms with van der Waals surface area (Å²) >= 11 is 0. The first-order valence-corrected chi connectivity index (χ1v) is 6.24. The molecule has 0 saturated heterocycles. The lowest BCUT2D eigenvalue weighted by molar-refractivity contribution is 0.179. The minimum atomic E-state index is -0.829. The Balaban J connectivity index is 3.16. The van der Waals surface area contributed by atoms with Gasteiger partial charge in [-0.2, -0.15) is 0 Å². The van der Waals surface area contributed by atoms with Crippen molar-refractivity contribution in [3.05, 3.63) is 29.6 Å². The van der Waals surface area contributed by atoms with E-state index < -0.39 is 6.10 Å². The number of hydrogen-bond donors (Lipinski definition) is 1. The molecule has 0 aliphatic rings. The minimum absolute atomic E-state index is 0.124. The van der Waals surface area contributed by atoms with Gasteiger partial charge in [0.25, 0.3) is 0 Å². The summed E-state index contributed by atoms with van der Waals surface area (Å²) < 4.78 is 19.0. The molecular formula is C14H22FNO2. The van der Waals surface area contributed by atoms with Crippen molar-refractivity contribution in [1.82, 2.24) is 0 Å². The van der Waals surface area contributed by atoms with Crippen molar-refractivity contribution in [3.8, 4) is 0 Å². The van der Waals surface area contributed by atoms with E-state index in [9.17, 15) is 9.50 Å². The fourth-order valence-corrected chi connectivity index (χ4v) is 2.24. The number of aliphatic hydroxyl groups excluding tert-OH is 1. The smallest absolute Gasteiger partial charge is 0.131 e. The van der Waals surface area contributed by atoms with Gasteiger partial charge in [-0.15, -0.1) is 0 Å². The van der Waals surface area contributed by atoms with Gasteiger partial charge in [0.2, 0.25) is 0 Å². The van der Waals surface area contributed by atoms with Crippen molar-refractivity contribution < 1.29 is 14.2 Å². The Morgan fingerprint density at radius 3 is 2.56 bits per heavy atom. The van der Waals surface area contributed by atoms with Crippen molar-refractivity contribution in [1.29, 1.82) is 0 Å². The number of likely N-dealkylation sites (N-methyl/N-ethyl adjacent to an activating group) is 1. The van der Waals surface area contributed by atoms with Gasteiger partial charge < -0.3 is 14.7 Å². The maximum absolute atomic E-state index is 13.8. The number of ether oxygens (including phenoxy) is 1. The molecule has 102 valence electrons. The van der Waals surface area contributed by atoms with Crippen LogP contribution >= 0.6 is 0 Å². The zero-order valence-electron chi connectivity index (χ0n) is 11.5. The van der Waals surface area contributed by atoms with E-state index in [4.69, 9.17) is 4.74 Å². The van der Waals surface area contributed by atoms with Crippen LogP contribution in [0.2, 0.25) is 0 Å². The molecule has 0 amide bonds. The van der Waals surface area contributed by atoms with Gasteiger partial charge in [0.05, 0.1) is 12.7 Å². The largest absolute Gasteiger partial charge is 0.389 e. The lowest BCUT2D eigenvalue weighted by Gasteiger charge is -2.32. The average Bonchev–Trinajstić information content (AvgIpc) is 2.29. The van der Waals surface area contributed by atoms with E-state index in [0.29, 0.717) is 12.2 Å². The molecule has 0 aromatic heterocycles. The van der Waals surface area contributed by atoms with Crippen molar-refractivity contribution >= 4 is 5.69 Å². The van der Waals surface area contributed by atoms with Gasteiger partial charge in [0.15, 0.2) is 0 Å². The summed E-state index contributed by atoms with van der Waals surface area (Å²) in [7, 11) is 1.64. The van der Waals surface area contributed by atoms with E-state index in [-0.39, 0.29) is 11.9 Å². The quantitative estimate of drug-likeness (QED) is 0.848. The van der Waals surface area contributed by atoms with E-state index in [1.54, 1.807) is 20.1 Å². The number of rotatable bonds is 6. The fraction of sp³-hybridized carbons (Fsp3) is 0.571. The number of anilines is 1. The molecule has 0 spiro atoms. The molecule has 2 atom stereocenters. The number of aliphatic hydroxyl groups is 1. The summed E-state index contributed by atoms with van der Waals surface area (Å²) in [6.07, 6.45) is -0.829. The summed E-state index contributed by atoms with van der Waals surface area (Å²) in [4.78, 5) is 2.04.